The van der Waals surface area contributed by atoms with Crippen molar-refractivity contribution in [1.29, 1.82) is 0 Å². The monoisotopic (exact) mass is 250 g/mol. The van der Waals surface area contributed by atoms with Gasteiger partial charge >= 0.3 is 0 Å². The molecule has 1 aliphatic heterocycles. The van der Waals surface area contributed by atoms with Gasteiger partial charge in [-0.3, -0.25) is 4.79 Å². The van der Waals surface area contributed by atoms with Gasteiger partial charge in [-0.05, 0) is 37.6 Å². The molecule has 102 valence electrons. The predicted octanol–water partition coefficient (Wildman–Crippen LogP) is 2.01. The van der Waals surface area contributed by atoms with Crippen LogP contribution in [0.2, 0.25) is 0 Å². The summed E-state index contributed by atoms with van der Waals surface area (Å²) in [4.78, 5) is 14.4. The smallest absolute Gasteiger partial charge is 0.225 e. The minimum absolute atomic E-state index is 0.336. The first-order chi connectivity index (χ1) is 8.78. The minimum atomic E-state index is 0.336. The van der Waals surface area contributed by atoms with Gasteiger partial charge in [0, 0.05) is 24.9 Å². The number of rotatable bonds is 2. The van der Waals surface area contributed by atoms with Crippen molar-refractivity contribution < 1.29 is 4.79 Å². The highest BCUT2D eigenvalue weighted by Gasteiger charge is 2.39. The number of likely N-dealkylation sites (tertiary alicyclic amines) is 1. The molecule has 18 heavy (non-hydrogen) atoms. The van der Waals surface area contributed by atoms with Gasteiger partial charge in [-0.15, -0.1) is 0 Å². The Morgan fingerprint density at radius 2 is 1.78 bits per heavy atom. The van der Waals surface area contributed by atoms with E-state index in [0.29, 0.717) is 17.7 Å². The van der Waals surface area contributed by atoms with Gasteiger partial charge < -0.3 is 10.6 Å². The largest absolute Gasteiger partial charge is 0.342 e. The highest BCUT2D eigenvalue weighted by Crippen LogP contribution is 2.43. The van der Waals surface area contributed by atoms with E-state index in [-0.39, 0.29) is 0 Å². The van der Waals surface area contributed by atoms with Crippen LogP contribution >= 0.6 is 0 Å². The first-order valence-electron chi connectivity index (χ1n) is 7.76. The summed E-state index contributed by atoms with van der Waals surface area (Å²) in [6.07, 6.45) is 9.22. The van der Waals surface area contributed by atoms with E-state index in [4.69, 9.17) is 5.73 Å². The van der Waals surface area contributed by atoms with Crippen LogP contribution in [0.3, 0.4) is 0 Å². The summed E-state index contributed by atoms with van der Waals surface area (Å²) in [5, 5.41) is 0. The second-order valence-electron chi connectivity index (χ2n) is 6.66. The predicted molar refractivity (Wildman–Crippen MR) is 71.9 cm³/mol. The van der Waals surface area contributed by atoms with E-state index in [1.807, 2.05) is 4.90 Å². The van der Waals surface area contributed by atoms with Crippen LogP contribution in [-0.2, 0) is 4.79 Å². The van der Waals surface area contributed by atoms with Crippen molar-refractivity contribution in [2.24, 2.45) is 29.4 Å². The zero-order valence-corrected chi connectivity index (χ0v) is 11.3. The lowest BCUT2D eigenvalue weighted by atomic mass is 9.67. The number of nitrogens with two attached hydrogens (primary N) is 1. The molecule has 0 radical (unpaired) electrons. The molecular formula is C15H26N2O. The number of carbonyl (C=O) groups excluding carboxylic acids is 1. The highest BCUT2D eigenvalue weighted by molar-refractivity contribution is 5.79. The fourth-order valence-electron chi connectivity index (χ4n) is 4.25. The summed E-state index contributed by atoms with van der Waals surface area (Å²) in [6.45, 7) is 2.57. The Balaban J connectivity index is 1.53. The van der Waals surface area contributed by atoms with Crippen LogP contribution in [0.15, 0.2) is 0 Å². The van der Waals surface area contributed by atoms with Crippen LogP contribution in [-0.4, -0.2) is 30.4 Å². The van der Waals surface area contributed by atoms with Crippen molar-refractivity contribution in [3.63, 3.8) is 0 Å². The molecule has 0 spiro atoms. The third kappa shape index (κ3) is 2.29. The molecule has 3 unspecified atom stereocenters. The average Bonchev–Trinajstić information content (AvgIpc) is 2.37. The number of fused-ring (bicyclic) bond motifs is 1. The van der Waals surface area contributed by atoms with Crippen molar-refractivity contribution in [1.82, 2.24) is 4.90 Å². The number of hydrogen-bond acceptors (Lipinski definition) is 2. The lowest BCUT2D eigenvalue weighted by Crippen LogP contribution is -2.55. The van der Waals surface area contributed by atoms with Crippen LogP contribution in [0.5, 0.6) is 0 Å². The first kappa shape index (κ1) is 12.5. The topological polar surface area (TPSA) is 46.3 Å². The van der Waals surface area contributed by atoms with Crippen molar-refractivity contribution >= 4 is 5.91 Å². The summed E-state index contributed by atoms with van der Waals surface area (Å²) < 4.78 is 0. The maximum atomic E-state index is 12.4. The van der Waals surface area contributed by atoms with Crippen molar-refractivity contribution in [2.45, 2.75) is 44.9 Å². The molecule has 0 aromatic heterocycles. The molecular weight excluding hydrogens is 224 g/mol. The molecule has 1 heterocycles. The van der Waals surface area contributed by atoms with Gasteiger partial charge in [0.05, 0.1) is 0 Å². The molecule has 1 amide bonds. The number of nitrogens with zero attached hydrogens (tertiary/aromatic N) is 1. The van der Waals surface area contributed by atoms with Crippen LogP contribution in [0.4, 0.5) is 0 Å². The number of amides is 1. The molecule has 3 aliphatic rings. The quantitative estimate of drug-likeness (QED) is 0.815. The third-order valence-corrected chi connectivity index (χ3v) is 5.49. The Labute approximate surface area is 110 Å². The molecule has 2 saturated carbocycles. The number of carbonyl (C=O) groups is 1. The summed E-state index contributed by atoms with van der Waals surface area (Å²) in [7, 11) is 0. The molecule has 1 saturated heterocycles. The van der Waals surface area contributed by atoms with E-state index >= 15 is 0 Å². The molecule has 0 bridgehead atoms. The van der Waals surface area contributed by atoms with Gasteiger partial charge in [-0.25, -0.2) is 0 Å². The molecule has 2 N–H and O–H groups in total. The molecule has 0 aromatic rings. The molecule has 3 rings (SSSR count). The van der Waals surface area contributed by atoms with E-state index < -0.39 is 0 Å². The Kier molecular flexibility index (Phi) is 3.60. The molecule has 3 heteroatoms. The minimum Gasteiger partial charge on any atom is -0.342 e. The van der Waals surface area contributed by atoms with Gasteiger partial charge in [0.15, 0.2) is 0 Å². The Morgan fingerprint density at radius 1 is 1.06 bits per heavy atom. The van der Waals surface area contributed by atoms with Crippen LogP contribution in [0, 0.1) is 23.7 Å². The van der Waals surface area contributed by atoms with Gasteiger partial charge in [-0.1, -0.05) is 25.7 Å². The second kappa shape index (κ2) is 5.20. The van der Waals surface area contributed by atoms with E-state index in [9.17, 15) is 4.79 Å². The average molecular weight is 250 g/mol. The van der Waals surface area contributed by atoms with E-state index in [1.54, 1.807) is 0 Å². The normalized spacial score (nSPS) is 36.9. The summed E-state index contributed by atoms with van der Waals surface area (Å²) in [6, 6.07) is 0. The van der Waals surface area contributed by atoms with Crippen LogP contribution in [0.1, 0.15) is 44.9 Å². The van der Waals surface area contributed by atoms with Crippen LogP contribution in [0.25, 0.3) is 0 Å². The van der Waals surface area contributed by atoms with Crippen molar-refractivity contribution in [3.05, 3.63) is 0 Å². The SMILES string of the molecule is NCC1CN(C(=O)C2CCC3CCCCC3C2)C1. The van der Waals surface area contributed by atoms with Crippen LogP contribution < -0.4 is 5.73 Å². The van der Waals surface area contributed by atoms with E-state index in [1.165, 1.54) is 38.5 Å². The maximum Gasteiger partial charge on any atom is 0.225 e. The second-order valence-corrected chi connectivity index (χ2v) is 6.66. The maximum absolute atomic E-state index is 12.4. The Hall–Kier alpha value is -0.570. The molecule has 3 fully saturated rings. The van der Waals surface area contributed by atoms with E-state index in [2.05, 4.69) is 0 Å². The standard InChI is InChI=1S/C15H26N2O/c16-8-11-9-17(10-11)15(18)14-6-5-12-3-1-2-4-13(12)7-14/h11-14H,1-10,16H2. The summed E-state index contributed by atoms with van der Waals surface area (Å²) in [5.41, 5.74) is 5.62. The Bertz CT molecular complexity index is 312. The summed E-state index contributed by atoms with van der Waals surface area (Å²) in [5.74, 6) is 3.13. The highest BCUT2D eigenvalue weighted by atomic mass is 16.2. The van der Waals surface area contributed by atoms with Gasteiger partial charge in [-0.2, -0.15) is 0 Å². The lowest BCUT2D eigenvalue weighted by molar-refractivity contribution is -0.144. The summed E-state index contributed by atoms with van der Waals surface area (Å²) >= 11 is 0. The van der Waals surface area contributed by atoms with Crippen molar-refractivity contribution in [2.75, 3.05) is 19.6 Å². The fraction of sp³-hybridized carbons (Fsp3) is 0.933. The fourth-order valence-corrected chi connectivity index (χ4v) is 4.25. The zero-order chi connectivity index (χ0) is 12.5. The number of hydrogen-bond donors (Lipinski definition) is 1. The van der Waals surface area contributed by atoms with Gasteiger partial charge in [0.1, 0.15) is 0 Å². The van der Waals surface area contributed by atoms with Crippen molar-refractivity contribution in [3.8, 4) is 0 Å². The zero-order valence-electron chi connectivity index (χ0n) is 11.3. The Morgan fingerprint density at radius 3 is 2.50 bits per heavy atom. The first-order valence-corrected chi connectivity index (χ1v) is 7.76. The van der Waals surface area contributed by atoms with Gasteiger partial charge in [0.25, 0.3) is 0 Å². The third-order valence-electron chi connectivity index (χ3n) is 5.49. The molecule has 3 nitrogen and oxygen atoms in total. The lowest BCUT2D eigenvalue weighted by Gasteiger charge is -2.44. The molecule has 2 aliphatic carbocycles. The van der Waals surface area contributed by atoms with Gasteiger partial charge in [0.2, 0.25) is 5.91 Å². The molecule has 0 aromatic carbocycles. The van der Waals surface area contributed by atoms with E-state index in [0.717, 1.165) is 37.9 Å². The molecule has 3 atom stereocenters.